The molecule has 0 radical (unpaired) electrons. The van der Waals surface area contributed by atoms with Gasteiger partial charge in [-0.05, 0) is 41.5 Å². The van der Waals surface area contributed by atoms with E-state index in [1.807, 2.05) is 38.1 Å². The fraction of sp³-hybridized carbons (Fsp3) is 0.333. The summed E-state index contributed by atoms with van der Waals surface area (Å²) in [6, 6.07) is 12.2. The quantitative estimate of drug-likeness (QED) is 0.332. The minimum Gasteiger partial charge on any atom is -0.488 e. The second kappa shape index (κ2) is 10.9. The van der Waals surface area contributed by atoms with Crippen molar-refractivity contribution in [2.24, 2.45) is 0 Å². The lowest BCUT2D eigenvalue weighted by Gasteiger charge is -2.27. The third-order valence-corrected chi connectivity index (χ3v) is 6.38. The maximum atomic E-state index is 14.6. The number of benzene rings is 2. The van der Waals surface area contributed by atoms with Crippen molar-refractivity contribution in [2.75, 3.05) is 18.7 Å². The first-order valence-electron chi connectivity index (χ1n) is 10.4. The standard InChI is InChI=1S/C24H25Cl2FN2O4S/c1-24(2,17-12-20(26)23(21(27)13-17)32-11-9-25)16-4-6-19(7-5-16)33-14-18-8-10-28-22(29-18)15-34(3,30)31/h4-8,10,12-13H,9,11,14-15H2,1-3H3. The zero-order valence-corrected chi connectivity index (χ0v) is 21.3. The smallest absolute Gasteiger partial charge is 0.173 e. The largest absolute Gasteiger partial charge is 0.488 e. The summed E-state index contributed by atoms with van der Waals surface area (Å²) in [6.07, 6.45) is 2.64. The molecule has 0 N–H and O–H groups in total. The van der Waals surface area contributed by atoms with Gasteiger partial charge in [0.2, 0.25) is 0 Å². The first kappa shape index (κ1) is 26.2. The van der Waals surface area contributed by atoms with Crippen LogP contribution in [0.15, 0.2) is 48.7 Å². The Labute approximate surface area is 209 Å². The molecule has 0 bridgehead atoms. The van der Waals surface area contributed by atoms with Crippen molar-refractivity contribution in [2.45, 2.75) is 31.6 Å². The van der Waals surface area contributed by atoms with Crippen molar-refractivity contribution >= 4 is 33.0 Å². The molecule has 10 heteroatoms. The molecule has 3 aromatic rings. The third-order valence-electron chi connectivity index (χ3n) is 5.16. The Morgan fingerprint density at radius 3 is 2.38 bits per heavy atom. The topological polar surface area (TPSA) is 78.4 Å². The van der Waals surface area contributed by atoms with Gasteiger partial charge in [0.15, 0.2) is 21.4 Å². The molecule has 0 saturated carbocycles. The van der Waals surface area contributed by atoms with Crippen molar-refractivity contribution in [3.63, 3.8) is 0 Å². The second-order valence-corrected chi connectivity index (χ2v) is 11.2. The molecule has 3 rings (SSSR count). The van der Waals surface area contributed by atoms with Crippen LogP contribution in [0.4, 0.5) is 4.39 Å². The molecule has 0 unspecified atom stereocenters. The van der Waals surface area contributed by atoms with Crippen LogP contribution in [0.1, 0.15) is 36.5 Å². The Bertz CT molecular complexity index is 1230. The Morgan fingerprint density at radius 2 is 1.76 bits per heavy atom. The Morgan fingerprint density at radius 1 is 1.06 bits per heavy atom. The molecular weight excluding hydrogens is 502 g/mol. The molecule has 0 saturated heterocycles. The van der Waals surface area contributed by atoms with Gasteiger partial charge in [0.1, 0.15) is 30.5 Å². The minimum atomic E-state index is -3.22. The Hall–Kier alpha value is -2.42. The van der Waals surface area contributed by atoms with Crippen molar-refractivity contribution < 1.29 is 22.3 Å². The highest BCUT2D eigenvalue weighted by atomic mass is 35.5. The number of hydrogen-bond acceptors (Lipinski definition) is 6. The zero-order valence-electron chi connectivity index (χ0n) is 19.0. The van der Waals surface area contributed by atoms with Crippen LogP contribution >= 0.6 is 23.2 Å². The summed E-state index contributed by atoms with van der Waals surface area (Å²) < 4.78 is 48.6. The average molecular weight is 527 g/mol. The lowest BCUT2D eigenvalue weighted by molar-refractivity contribution is 0.300. The van der Waals surface area contributed by atoms with E-state index < -0.39 is 21.1 Å². The summed E-state index contributed by atoms with van der Waals surface area (Å²) in [4.78, 5) is 8.21. The van der Waals surface area contributed by atoms with E-state index in [-0.39, 0.29) is 41.4 Å². The van der Waals surface area contributed by atoms with Crippen molar-refractivity contribution in [3.8, 4) is 11.5 Å². The van der Waals surface area contributed by atoms with Crippen LogP contribution in [0, 0.1) is 5.82 Å². The lowest BCUT2D eigenvalue weighted by Crippen LogP contribution is -2.19. The van der Waals surface area contributed by atoms with Crippen LogP contribution in [-0.2, 0) is 27.6 Å². The molecular formula is C24H25Cl2FN2O4S. The van der Waals surface area contributed by atoms with Crippen LogP contribution in [-0.4, -0.2) is 37.1 Å². The van der Waals surface area contributed by atoms with Crippen LogP contribution in [0.25, 0.3) is 0 Å². The highest BCUT2D eigenvalue weighted by molar-refractivity contribution is 7.89. The molecule has 1 aromatic heterocycles. The van der Waals surface area contributed by atoms with Gasteiger partial charge in [0, 0.05) is 17.9 Å². The van der Waals surface area contributed by atoms with Crippen molar-refractivity contribution in [3.05, 3.63) is 82.1 Å². The predicted molar refractivity (Wildman–Crippen MR) is 131 cm³/mol. The molecule has 0 aliphatic heterocycles. The van der Waals surface area contributed by atoms with Crippen LogP contribution < -0.4 is 9.47 Å². The van der Waals surface area contributed by atoms with Crippen LogP contribution in [0.2, 0.25) is 5.02 Å². The van der Waals surface area contributed by atoms with E-state index in [4.69, 9.17) is 32.7 Å². The number of aromatic nitrogens is 2. The van der Waals surface area contributed by atoms with Gasteiger partial charge in [-0.3, -0.25) is 0 Å². The third kappa shape index (κ3) is 6.81. The molecule has 0 fully saturated rings. The summed E-state index contributed by atoms with van der Waals surface area (Å²) in [5, 5.41) is 0.188. The predicted octanol–water partition coefficient (Wildman–Crippen LogP) is 5.34. The summed E-state index contributed by atoms with van der Waals surface area (Å²) in [5.74, 6) is 0.296. The summed E-state index contributed by atoms with van der Waals surface area (Å²) in [7, 11) is -3.22. The number of rotatable bonds is 10. The maximum absolute atomic E-state index is 14.6. The van der Waals surface area contributed by atoms with Gasteiger partial charge in [-0.2, -0.15) is 0 Å². The summed E-state index contributed by atoms with van der Waals surface area (Å²) in [5.41, 5.74) is 1.66. The van der Waals surface area contributed by atoms with Crippen LogP contribution in [0.5, 0.6) is 11.5 Å². The Kier molecular flexibility index (Phi) is 8.38. The van der Waals surface area contributed by atoms with Gasteiger partial charge < -0.3 is 9.47 Å². The molecule has 0 aliphatic rings. The van der Waals surface area contributed by atoms with Gasteiger partial charge in [0.05, 0.1) is 16.6 Å². The van der Waals surface area contributed by atoms with E-state index in [1.54, 1.807) is 12.1 Å². The summed E-state index contributed by atoms with van der Waals surface area (Å²) in [6.45, 7) is 4.26. The first-order valence-corrected chi connectivity index (χ1v) is 13.4. The van der Waals surface area contributed by atoms with Gasteiger partial charge in [-0.1, -0.05) is 37.6 Å². The zero-order chi connectivity index (χ0) is 24.9. The van der Waals surface area contributed by atoms with E-state index in [9.17, 15) is 12.8 Å². The number of hydrogen-bond donors (Lipinski definition) is 0. The van der Waals surface area contributed by atoms with E-state index in [0.717, 1.165) is 11.8 Å². The molecule has 0 atom stereocenters. The van der Waals surface area contributed by atoms with Crippen molar-refractivity contribution in [1.82, 2.24) is 9.97 Å². The highest BCUT2D eigenvalue weighted by Gasteiger charge is 2.26. The van der Waals surface area contributed by atoms with Crippen LogP contribution in [0.3, 0.4) is 0 Å². The minimum absolute atomic E-state index is 0.00460. The summed E-state index contributed by atoms with van der Waals surface area (Å²) >= 11 is 11.9. The second-order valence-electron chi connectivity index (χ2n) is 8.28. The lowest BCUT2D eigenvalue weighted by atomic mass is 9.78. The number of nitrogens with zero attached hydrogens (tertiary/aromatic N) is 2. The van der Waals surface area contributed by atoms with Gasteiger partial charge >= 0.3 is 0 Å². The van der Waals surface area contributed by atoms with Gasteiger partial charge in [-0.25, -0.2) is 22.8 Å². The van der Waals surface area contributed by atoms with E-state index in [1.165, 1.54) is 12.3 Å². The monoisotopic (exact) mass is 526 g/mol. The number of halogens is 3. The molecule has 1 heterocycles. The van der Waals surface area contributed by atoms with Gasteiger partial charge in [-0.15, -0.1) is 11.6 Å². The fourth-order valence-electron chi connectivity index (χ4n) is 3.32. The maximum Gasteiger partial charge on any atom is 0.173 e. The molecule has 34 heavy (non-hydrogen) atoms. The van der Waals surface area contributed by atoms with E-state index in [2.05, 4.69) is 9.97 Å². The van der Waals surface area contributed by atoms with Gasteiger partial charge in [0.25, 0.3) is 0 Å². The molecule has 6 nitrogen and oxygen atoms in total. The number of alkyl halides is 1. The normalized spacial score (nSPS) is 11.9. The van der Waals surface area contributed by atoms with E-state index in [0.29, 0.717) is 17.0 Å². The van der Waals surface area contributed by atoms with E-state index >= 15 is 0 Å². The fourth-order valence-corrected chi connectivity index (χ4v) is 4.26. The number of sulfone groups is 1. The molecule has 0 amide bonds. The molecule has 0 aliphatic carbocycles. The van der Waals surface area contributed by atoms with Crippen molar-refractivity contribution in [1.29, 1.82) is 0 Å². The SMILES string of the molecule is CC(C)(c1ccc(OCc2ccnc(CS(C)(=O)=O)n2)cc1)c1cc(F)c(OCCCl)c(Cl)c1. The first-order chi connectivity index (χ1) is 16.0. The Balaban J connectivity index is 1.72. The molecule has 182 valence electrons. The molecule has 0 spiro atoms. The molecule has 2 aromatic carbocycles. The highest BCUT2D eigenvalue weighted by Crippen LogP contribution is 2.38. The average Bonchev–Trinajstić information content (AvgIpc) is 2.76. The number of ether oxygens (including phenoxy) is 2.